The average Bonchev–Trinajstić information content (AvgIpc) is 2.95. The van der Waals surface area contributed by atoms with E-state index in [4.69, 9.17) is 9.15 Å². The number of rotatable bonds is 6. The second kappa shape index (κ2) is 7.78. The normalized spacial score (nSPS) is 10.9. The number of carbonyl (C=O) groups excluding carboxylic acids is 1. The van der Waals surface area contributed by atoms with E-state index in [0.29, 0.717) is 17.6 Å². The van der Waals surface area contributed by atoms with Crippen LogP contribution in [0, 0.1) is 0 Å². The number of halogens is 1. The van der Waals surface area contributed by atoms with Gasteiger partial charge in [-0.3, -0.25) is 9.36 Å². The molecule has 3 rings (SSSR count). The largest absolute Gasteiger partial charge is 0.496 e. The number of carbonyl (C=O) groups is 1. The van der Waals surface area contributed by atoms with Gasteiger partial charge in [0, 0.05) is 36.6 Å². The van der Waals surface area contributed by atoms with E-state index < -0.39 is 5.76 Å². The van der Waals surface area contributed by atoms with Gasteiger partial charge in [0.25, 0.3) is 0 Å². The molecule has 1 heterocycles. The summed E-state index contributed by atoms with van der Waals surface area (Å²) in [4.78, 5) is 26.1. The predicted octanol–water partition coefficient (Wildman–Crippen LogP) is 3.41. The van der Waals surface area contributed by atoms with Crippen LogP contribution in [0.25, 0.3) is 11.1 Å². The maximum atomic E-state index is 12.5. The Morgan fingerprint density at radius 1 is 1.27 bits per heavy atom. The van der Waals surface area contributed by atoms with Crippen LogP contribution in [-0.2, 0) is 17.9 Å². The Morgan fingerprint density at radius 2 is 2.04 bits per heavy atom. The topological polar surface area (TPSA) is 64.7 Å². The third kappa shape index (κ3) is 3.83. The number of nitrogens with zero attached hydrogens (tertiary/aromatic N) is 2. The highest BCUT2D eigenvalue weighted by Crippen LogP contribution is 2.24. The first-order valence-electron chi connectivity index (χ1n) is 8.14. The lowest BCUT2D eigenvalue weighted by atomic mass is 10.2. The van der Waals surface area contributed by atoms with Crippen LogP contribution < -0.4 is 10.5 Å². The molecule has 3 aromatic rings. The number of hydrogen-bond acceptors (Lipinski definition) is 4. The molecule has 136 valence electrons. The molecule has 0 aliphatic carbocycles. The minimum absolute atomic E-state index is 0.0655. The van der Waals surface area contributed by atoms with Gasteiger partial charge >= 0.3 is 5.76 Å². The van der Waals surface area contributed by atoms with Gasteiger partial charge in [0.05, 0.1) is 12.6 Å². The summed E-state index contributed by atoms with van der Waals surface area (Å²) in [5, 5.41) is 0. The van der Waals surface area contributed by atoms with E-state index in [2.05, 4.69) is 15.9 Å². The second-order valence-corrected chi connectivity index (χ2v) is 6.86. The van der Waals surface area contributed by atoms with Crippen molar-refractivity contribution in [2.24, 2.45) is 0 Å². The van der Waals surface area contributed by atoms with E-state index in [1.165, 1.54) is 4.57 Å². The Hall–Kier alpha value is -2.54. The van der Waals surface area contributed by atoms with Gasteiger partial charge < -0.3 is 14.1 Å². The Labute approximate surface area is 159 Å². The lowest BCUT2D eigenvalue weighted by Gasteiger charge is -2.19. The molecule has 0 radical (unpaired) electrons. The molecule has 0 aliphatic rings. The standard InChI is InChI=1S/C19H19BrN2O4/c1-21(12-13-11-14(20)7-8-16(13)25-2)18(23)9-10-22-15-5-3-4-6-17(15)26-19(22)24/h3-8,11H,9-10,12H2,1-2H3. The van der Waals surface area contributed by atoms with Gasteiger partial charge in [-0.2, -0.15) is 0 Å². The van der Waals surface area contributed by atoms with Gasteiger partial charge in [0.2, 0.25) is 5.91 Å². The van der Waals surface area contributed by atoms with Gasteiger partial charge in [-0.1, -0.05) is 28.1 Å². The molecule has 26 heavy (non-hydrogen) atoms. The van der Waals surface area contributed by atoms with E-state index in [-0.39, 0.29) is 18.9 Å². The lowest BCUT2D eigenvalue weighted by Crippen LogP contribution is -2.28. The molecule has 0 saturated carbocycles. The molecule has 1 amide bonds. The summed E-state index contributed by atoms with van der Waals surface area (Å²) in [5.74, 6) is 0.212. The highest BCUT2D eigenvalue weighted by Gasteiger charge is 2.15. The number of para-hydroxylation sites is 2. The number of oxazole rings is 1. The molecule has 7 heteroatoms. The van der Waals surface area contributed by atoms with Gasteiger partial charge in [0.15, 0.2) is 5.58 Å². The van der Waals surface area contributed by atoms with Crippen molar-refractivity contribution in [1.82, 2.24) is 9.47 Å². The minimum Gasteiger partial charge on any atom is -0.496 e. The van der Waals surface area contributed by atoms with E-state index >= 15 is 0 Å². The van der Waals surface area contributed by atoms with Crippen LogP contribution in [0.3, 0.4) is 0 Å². The van der Waals surface area contributed by atoms with E-state index in [1.807, 2.05) is 24.3 Å². The van der Waals surface area contributed by atoms with Gasteiger partial charge in [0.1, 0.15) is 5.75 Å². The van der Waals surface area contributed by atoms with Crippen LogP contribution in [0.15, 0.2) is 56.1 Å². The monoisotopic (exact) mass is 418 g/mol. The summed E-state index contributed by atoms with van der Waals surface area (Å²) in [6, 6.07) is 12.9. The summed E-state index contributed by atoms with van der Waals surface area (Å²) >= 11 is 3.43. The zero-order valence-electron chi connectivity index (χ0n) is 14.6. The van der Waals surface area contributed by atoms with Gasteiger partial charge in [-0.25, -0.2) is 4.79 Å². The van der Waals surface area contributed by atoms with Crippen LogP contribution in [-0.4, -0.2) is 29.5 Å². The number of methoxy groups -OCH3 is 1. The first-order valence-corrected chi connectivity index (χ1v) is 8.93. The minimum atomic E-state index is -0.449. The first kappa shape index (κ1) is 18.3. The molecule has 0 unspecified atom stereocenters. The smallest absolute Gasteiger partial charge is 0.419 e. The van der Waals surface area contributed by atoms with Crippen molar-refractivity contribution >= 4 is 32.9 Å². The summed E-state index contributed by atoms with van der Waals surface area (Å²) in [6.07, 6.45) is 0.205. The number of ether oxygens (including phenoxy) is 1. The summed E-state index contributed by atoms with van der Waals surface area (Å²) in [5.41, 5.74) is 2.13. The molecule has 0 spiro atoms. The summed E-state index contributed by atoms with van der Waals surface area (Å²) in [6.45, 7) is 0.692. The zero-order valence-corrected chi connectivity index (χ0v) is 16.2. The molecule has 0 fully saturated rings. The van der Waals surface area contributed by atoms with Gasteiger partial charge in [-0.15, -0.1) is 0 Å². The molecule has 0 atom stereocenters. The van der Waals surface area contributed by atoms with E-state index in [9.17, 15) is 9.59 Å². The van der Waals surface area contributed by atoms with Crippen molar-refractivity contribution in [2.75, 3.05) is 14.2 Å². The highest BCUT2D eigenvalue weighted by molar-refractivity contribution is 9.10. The number of fused-ring (bicyclic) bond motifs is 1. The Bertz CT molecular complexity index is 993. The Kier molecular flexibility index (Phi) is 5.46. The molecule has 0 bridgehead atoms. The van der Waals surface area contributed by atoms with Crippen LogP contribution in [0.4, 0.5) is 0 Å². The fourth-order valence-electron chi connectivity index (χ4n) is 2.84. The average molecular weight is 419 g/mol. The highest BCUT2D eigenvalue weighted by atomic mass is 79.9. The fourth-order valence-corrected chi connectivity index (χ4v) is 3.25. The van der Waals surface area contributed by atoms with Crippen molar-refractivity contribution < 1.29 is 13.9 Å². The maximum absolute atomic E-state index is 12.5. The maximum Gasteiger partial charge on any atom is 0.419 e. The molecular weight excluding hydrogens is 400 g/mol. The van der Waals surface area contributed by atoms with E-state index in [0.717, 1.165) is 15.8 Å². The van der Waals surface area contributed by atoms with Crippen molar-refractivity contribution in [2.45, 2.75) is 19.5 Å². The number of aromatic nitrogens is 1. The second-order valence-electron chi connectivity index (χ2n) is 5.94. The van der Waals surface area contributed by atoms with Crippen molar-refractivity contribution in [3.05, 3.63) is 63.1 Å². The van der Waals surface area contributed by atoms with Crippen LogP contribution >= 0.6 is 15.9 Å². The third-order valence-corrected chi connectivity index (χ3v) is 4.69. The zero-order chi connectivity index (χ0) is 18.7. The fraction of sp³-hybridized carbons (Fsp3) is 0.263. The number of aryl methyl sites for hydroxylation is 1. The Balaban J connectivity index is 1.69. The molecule has 1 aromatic heterocycles. The first-order chi connectivity index (χ1) is 12.5. The lowest BCUT2D eigenvalue weighted by molar-refractivity contribution is -0.130. The molecular formula is C19H19BrN2O4. The molecule has 0 N–H and O–H groups in total. The number of hydrogen-bond donors (Lipinski definition) is 0. The van der Waals surface area contributed by atoms with E-state index in [1.54, 1.807) is 37.3 Å². The predicted molar refractivity (Wildman–Crippen MR) is 102 cm³/mol. The van der Waals surface area contributed by atoms with Crippen LogP contribution in [0.1, 0.15) is 12.0 Å². The molecule has 6 nitrogen and oxygen atoms in total. The quantitative estimate of drug-likeness (QED) is 0.615. The molecule has 0 saturated heterocycles. The number of benzene rings is 2. The van der Waals surface area contributed by atoms with Crippen LogP contribution in [0.5, 0.6) is 5.75 Å². The van der Waals surface area contributed by atoms with Crippen molar-refractivity contribution in [3.8, 4) is 5.75 Å². The molecule has 2 aromatic carbocycles. The Morgan fingerprint density at radius 3 is 2.81 bits per heavy atom. The summed E-state index contributed by atoms with van der Waals surface area (Å²) < 4.78 is 12.9. The van der Waals surface area contributed by atoms with Gasteiger partial charge in [-0.05, 0) is 30.3 Å². The third-order valence-electron chi connectivity index (χ3n) is 4.20. The summed E-state index contributed by atoms with van der Waals surface area (Å²) in [7, 11) is 3.34. The number of amides is 1. The van der Waals surface area contributed by atoms with Crippen LogP contribution in [0.2, 0.25) is 0 Å². The SMILES string of the molecule is COc1ccc(Br)cc1CN(C)C(=O)CCn1c(=O)oc2ccccc21. The van der Waals surface area contributed by atoms with Crippen molar-refractivity contribution in [3.63, 3.8) is 0 Å². The van der Waals surface area contributed by atoms with Crippen molar-refractivity contribution in [1.29, 1.82) is 0 Å². The molecule has 0 aliphatic heterocycles.